The highest BCUT2D eigenvalue weighted by atomic mass is 79.9. The van der Waals surface area contributed by atoms with Gasteiger partial charge in [-0.15, -0.1) is 11.3 Å². The molecule has 1 aromatic heterocycles. The average molecular weight is 431 g/mol. The summed E-state index contributed by atoms with van der Waals surface area (Å²) in [5.74, 6) is -1.01. The van der Waals surface area contributed by atoms with E-state index in [0.29, 0.717) is 18.7 Å². The Morgan fingerprint density at radius 3 is 2.48 bits per heavy atom. The largest absolute Gasteiger partial charge is 0.478 e. The number of thiophene rings is 1. The highest BCUT2D eigenvalue weighted by molar-refractivity contribution is 9.12. The van der Waals surface area contributed by atoms with Crippen LogP contribution in [0.2, 0.25) is 0 Å². The van der Waals surface area contributed by atoms with Crippen molar-refractivity contribution in [3.63, 3.8) is 0 Å². The van der Waals surface area contributed by atoms with Crippen molar-refractivity contribution in [1.82, 2.24) is 4.90 Å². The Kier molecular flexibility index (Phi) is 3.90. The van der Waals surface area contributed by atoms with Gasteiger partial charge < -0.3 is 10.0 Å². The van der Waals surface area contributed by atoms with E-state index < -0.39 is 5.97 Å². The Hall–Kier alpha value is -1.18. The van der Waals surface area contributed by atoms with Crippen molar-refractivity contribution in [2.75, 3.05) is 0 Å². The van der Waals surface area contributed by atoms with Crippen LogP contribution < -0.4 is 0 Å². The highest BCUT2D eigenvalue weighted by Gasteiger charge is 2.27. The first-order chi connectivity index (χ1) is 9.95. The maximum Gasteiger partial charge on any atom is 0.335 e. The second-order valence-electron chi connectivity index (χ2n) is 4.69. The summed E-state index contributed by atoms with van der Waals surface area (Å²) in [7, 11) is 0. The minimum Gasteiger partial charge on any atom is -0.478 e. The van der Waals surface area contributed by atoms with Gasteiger partial charge in [-0.1, -0.05) is 6.07 Å². The molecule has 0 aliphatic carbocycles. The summed E-state index contributed by atoms with van der Waals surface area (Å²) < 4.78 is 1.68. The van der Waals surface area contributed by atoms with E-state index in [2.05, 4.69) is 31.9 Å². The number of carboxylic acids is 1. The molecule has 7 heteroatoms. The zero-order chi connectivity index (χ0) is 15.1. The fourth-order valence-electron chi connectivity index (χ4n) is 2.33. The Labute approximate surface area is 141 Å². The lowest BCUT2D eigenvalue weighted by Crippen LogP contribution is -2.25. The molecular formula is C14H9Br2NO3S. The first-order valence-corrected chi connectivity index (χ1v) is 8.45. The van der Waals surface area contributed by atoms with E-state index in [1.165, 1.54) is 11.3 Å². The van der Waals surface area contributed by atoms with Crippen LogP contribution in [0, 0.1) is 0 Å². The first kappa shape index (κ1) is 14.7. The van der Waals surface area contributed by atoms with E-state index in [9.17, 15) is 9.59 Å². The minimum atomic E-state index is -0.952. The van der Waals surface area contributed by atoms with Crippen LogP contribution in [0.5, 0.6) is 0 Å². The van der Waals surface area contributed by atoms with Gasteiger partial charge in [0.1, 0.15) is 0 Å². The molecule has 2 aromatic rings. The van der Waals surface area contributed by atoms with Crippen molar-refractivity contribution < 1.29 is 14.7 Å². The lowest BCUT2D eigenvalue weighted by atomic mass is 10.1. The molecular weight excluding hydrogens is 422 g/mol. The van der Waals surface area contributed by atoms with Gasteiger partial charge >= 0.3 is 5.97 Å². The summed E-state index contributed by atoms with van der Waals surface area (Å²) >= 11 is 8.21. The molecule has 1 aromatic carbocycles. The second kappa shape index (κ2) is 5.55. The third kappa shape index (κ3) is 2.77. The number of hydrogen-bond donors (Lipinski definition) is 1. The van der Waals surface area contributed by atoms with Crippen LogP contribution in [0.15, 0.2) is 31.8 Å². The van der Waals surface area contributed by atoms with Gasteiger partial charge in [-0.2, -0.15) is 0 Å². The number of amides is 1. The Morgan fingerprint density at radius 2 is 1.86 bits per heavy atom. The van der Waals surface area contributed by atoms with Crippen LogP contribution in [0.3, 0.4) is 0 Å². The van der Waals surface area contributed by atoms with Gasteiger partial charge in [-0.25, -0.2) is 4.79 Å². The summed E-state index contributed by atoms with van der Waals surface area (Å²) in [4.78, 5) is 25.2. The number of rotatable bonds is 2. The normalized spacial score (nSPS) is 13.3. The molecule has 1 N–H and O–H groups in total. The predicted octanol–water partition coefficient (Wildman–Crippen LogP) is 4.13. The fourth-order valence-corrected chi connectivity index (χ4v) is 5.11. The molecule has 0 saturated carbocycles. The van der Waals surface area contributed by atoms with Crippen molar-refractivity contribution in [3.05, 3.63) is 54.1 Å². The van der Waals surface area contributed by atoms with E-state index in [1.807, 2.05) is 0 Å². The molecule has 1 aliphatic rings. The fraction of sp³-hybridized carbons (Fsp3) is 0.143. The van der Waals surface area contributed by atoms with Gasteiger partial charge in [0.05, 0.1) is 18.7 Å². The van der Waals surface area contributed by atoms with Crippen LogP contribution in [-0.4, -0.2) is 21.9 Å². The molecule has 0 radical (unpaired) electrons. The SMILES string of the molecule is O=C(O)c1ccc2c(c1)CN(C(=O)c1cc(Br)sc1Br)C2. The Morgan fingerprint density at radius 1 is 1.14 bits per heavy atom. The van der Waals surface area contributed by atoms with E-state index >= 15 is 0 Å². The molecule has 108 valence electrons. The summed E-state index contributed by atoms with van der Waals surface area (Å²) in [6.45, 7) is 0.948. The lowest BCUT2D eigenvalue weighted by Gasteiger charge is -2.14. The van der Waals surface area contributed by atoms with E-state index in [0.717, 1.165) is 18.7 Å². The molecule has 1 aliphatic heterocycles. The third-order valence-corrected chi connectivity index (χ3v) is 5.69. The number of halogens is 2. The molecule has 0 bridgehead atoms. The van der Waals surface area contributed by atoms with Crippen LogP contribution in [-0.2, 0) is 13.1 Å². The maximum atomic E-state index is 12.5. The molecule has 0 fully saturated rings. The van der Waals surface area contributed by atoms with Crippen molar-refractivity contribution in [3.8, 4) is 0 Å². The third-order valence-electron chi connectivity index (χ3n) is 3.35. The topological polar surface area (TPSA) is 57.6 Å². The van der Waals surface area contributed by atoms with Crippen molar-refractivity contribution in [1.29, 1.82) is 0 Å². The molecule has 4 nitrogen and oxygen atoms in total. The van der Waals surface area contributed by atoms with Gasteiger partial charge in [0, 0.05) is 13.1 Å². The lowest BCUT2D eigenvalue weighted by molar-refractivity contribution is 0.0696. The number of aromatic carboxylic acids is 1. The average Bonchev–Trinajstić information content (AvgIpc) is 2.99. The molecule has 2 heterocycles. The smallest absolute Gasteiger partial charge is 0.335 e. The number of carbonyl (C=O) groups is 2. The highest BCUT2D eigenvalue weighted by Crippen LogP contribution is 2.34. The molecule has 1 amide bonds. The maximum absolute atomic E-state index is 12.5. The summed E-state index contributed by atoms with van der Waals surface area (Å²) in [5, 5.41) is 9.02. The summed E-state index contributed by atoms with van der Waals surface area (Å²) in [5.41, 5.74) is 2.77. The summed E-state index contributed by atoms with van der Waals surface area (Å²) in [6, 6.07) is 6.79. The molecule has 21 heavy (non-hydrogen) atoms. The number of carboxylic acid groups (broad SMARTS) is 1. The zero-order valence-electron chi connectivity index (χ0n) is 10.6. The quantitative estimate of drug-likeness (QED) is 0.779. The minimum absolute atomic E-state index is 0.0584. The zero-order valence-corrected chi connectivity index (χ0v) is 14.6. The standard InChI is InChI=1S/C14H9Br2NO3S/c15-11-4-10(12(16)21-11)13(18)17-5-8-2-1-7(14(19)20)3-9(8)6-17/h1-4H,5-6H2,(H,19,20). The van der Waals surface area contributed by atoms with Crippen molar-refractivity contribution in [2.45, 2.75) is 13.1 Å². The van der Waals surface area contributed by atoms with Crippen LogP contribution in [0.4, 0.5) is 0 Å². The van der Waals surface area contributed by atoms with E-state index in [-0.39, 0.29) is 11.5 Å². The predicted molar refractivity (Wildman–Crippen MR) is 86.7 cm³/mol. The van der Waals surface area contributed by atoms with E-state index in [4.69, 9.17) is 5.11 Å². The molecule has 0 atom stereocenters. The molecule has 3 rings (SSSR count). The number of fused-ring (bicyclic) bond motifs is 1. The van der Waals surface area contributed by atoms with Crippen molar-refractivity contribution in [2.24, 2.45) is 0 Å². The Balaban J connectivity index is 1.86. The molecule has 0 unspecified atom stereocenters. The van der Waals surface area contributed by atoms with Crippen LogP contribution in [0.1, 0.15) is 31.8 Å². The second-order valence-corrected chi connectivity index (χ2v) is 8.44. The van der Waals surface area contributed by atoms with Gasteiger partial charge in [-0.3, -0.25) is 4.79 Å². The Bertz CT molecular complexity index is 757. The number of carbonyl (C=O) groups excluding carboxylic acids is 1. The van der Waals surface area contributed by atoms with Crippen molar-refractivity contribution >= 4 is 55.1 Å². The van der Waals surface area contributed by atoms with Crippen LogP contribution >= 0.6 is 43.2 Å². The molecule has 0 spiro atoms. The van der Waals surface area contributed by atoms with Crippen LogP contribution in [0.25, 0.3) is 0 Å². The van der Waals surface area contributed by atoms with E-state index in [1.54, 1.807) is 29.2 Å². The number of benzene rings is 1. The van der Waals surface area contributed by atoms with Gasteiger partial charge in [-0.05, 0) is 61.2 Å². The monoisotopic (exact) mass is 429 g/mol. The number of hydrogen-bond acceptors (Lipinski definition) is 3. The van der Waals surface area contributed by atoms with Gasteiger partial charge in [0.25, 0.3) is 5.91 Å². The number of nitrogens with zero attached hydrogens (tertiary/aromatic N) is 1. The molecule has 0 saturated heterocycles. The summed E-state index contributed by atoms with van der Waals surface area (Å²) in [6.07, 6.45) is 0. The first-order valence-electron chi connectivity index (χ1n) is 6.05. The van der Waals surface area contributed by atoms with Gasteiger partial charge in [0.2, 0.25) is 0 Å². The van der Waals surface area contributed by atoms with Gasteiger partial charge in [0.15, 0.2) is 0 Å².